The van der Waals surface area contributed by atoms with E-state index in [9.17, 15) is 18.0 Å². The number of halogens is 1. The lowest BCUT2D eigenvalue weighted by Gasteiger charge is -2.28. The summed E-state index contributed by atoms with van der Waals surface area (Å²) in [7, 11) is -3.87. The fraction of sp³-hybridized carbons (Fsp3) is 0.333. The Bertz CT molecular complexity index is 1050. The van der Waals surface area contributed by atoms with E-state index in [0.29, 0.717) is 28.4 Å². The molecule has 2 amide bonds. The first-order valence-corrected chi connectivity index (χ1v) is 11.5. The number of hydrogen-bond donors (Lipinski definition) is 3. The molecule has 1 saturated heterocycles. The van der Waals surface area contributed by atoms with Crippen molar-refractivity contribution in [1.29, 1.82) is 0 Å². The van der Waals surface area contributed by atoms with Crippen LogP contribution in [0.1, 0.15) is 31.7 Å². The standard InChI is InChI=1S/C21H24ClN3O4S/c1-3-16-10-14(11-20(26)23-16)21(27)24-18-7-4-13(2)19(12-18)30(28,29)25-17-8-5-15(22)6-9-17/h4-9,12,14,16,25H,3,10-11H2,1-2H3,(H,23,26)(H,24,27). The first-order valence-electron chi connectivity index (χ1n) is 9.67. The van der Waals surface area contributed by atoms with Gasteiger partial charge in [-0.15, -0.1) is 0 Å². The second-order valence-electron chi connectivity index (χ2n) is 7.39. The van der Waals surface area contributed by atoms with Crippen LogP contribution in [-0.2, 0) is 19.6 Å². The van der Waals surface area contributed by atoms with Gasteiger partial charge in [-0.1, -0.05) is 24.6 Å². The topological polar surface area (TPSA) is 104 Å². The predicted octanol–water partition coefficient (Wildman–Crippen LogP) is 3.69. The van der Waals surface area contributed by atoms with Gasteiger partial charge in [-0.3, -0.25) is 14.3 Å². The summed E-state index contributed by atoms with van der Waals surface area (Å²) in [5, 5.41) is 6.12. The van der Waals surface area contributed by atoms with Crippen LogP contribution in [-0.4, -0.2) is 26.3 Å². The number of hydrogen-bond acceptors (Lipinski definition) is 4. The van der Waals surface area contributed by atoms with E-state index in [4.69, 9.17) is 11.6 Å². The van der Waals surface area contributed by atoms with Gasteiger partial charge in [0.05, 0.1) is 4.90 Å². The molecule has 1 fully saturated rings. The van der Waals surface area contributed by atoms with Crippen LogP contribution in [0, 0.1) is 12.8 Å². The fourth-order valence-corrected chi connectivity index (χ4v) is 4.86. The second-order valence-corrected chi connectivity index (χ2v) is 9.48. The number of aryl methyl sites for hydroxylation is 1. The van der Waals surface area contributed by atoms with E-state index in [1.807, 2.05) is 6.92 Å². The molecule has 0 bridgehead atoms. The van der Waals surface area contributed by atoms with Gasteiger partial charge in [-0.2, -0.15) is 0 Å². The molecule has 2 unspecified atom stereocenters. The molecule has 160 valence electrons. The predicted molar refractivity (Wildman–Crippen MR) is 117 cm³/mol. The van der Waals surface area contributed by atoms with Crippen molar-refractivity contribution in [3.05, 3.63) is 53.1 Å². The van der Waals surface area contributed by atoms with Crippen molar-refractivity contribution in [3.63, 3.8) is 0 Å². The normalized spacial score (nSPS) is 19.1. The van der Waals surface area contributed by atoms with E-state index in [1.165, 1.54) is 6.07 Å². The summed E-state index contributed by atoms with van der Waals surface area (Å²) >= 11 is 5.84. The smallest absolute Gasteiger partial charge is 0.262 e. The molecule has 9 heteroatoms. The zero-order chi connectivity index (χ0) is 21.9. The van der Waals surface area contributed by atoms with E-state index < -0.39 is 15.9 Å². The maximum atomic E-state index is 12.9. The number of carbonyl (C=O) groups is 2. The maximum Gasteiger partial charge on any atom is 0.262 e. The first-order chi connectivity index (χ1) is 14.2. The van der Waals surface area contributed by atoms with Crippen molar-refractivity contribution in [2.45, 2.75) is 44.0 Å². The largest absolute Gasteiger partial charge is 0.353 e. The van der Waals surface area contributed by atoms with Crippen molar-refractivity contribution in [3.8, 4) is 0 Å². The Kier molecular flexibility index (Phi) is 6.67. The van der Waals surface area contributed by atoms with Gasteiger partial charge in [0.25, 0.3) is 10.0 Å². The molecule has 1 aliphatic heterocycles. The third-order valence-corrected chi connectivity index (χ3v) is 6.85. The average Bonchev–Trinajstić information content (AvgIpc) is 2.70. The van der Waals surface area contributed by atoms with Crippen LogP contribution in [0.15, 0.2) is 47.4 Å². The Morgan fingerprint density at radius 2 is 1.83 bits per heavy atom. The van der Waals surface area contributed by atoms with Gasteiger partial charge in [0.2, 0.25) is 11.8 Å². The average molecular weight is 450 g/mol. The van der Waals surface area contributed by atoms with Gasteiger partial charge in [0, 0.05) is 34.8 Å². The summed E-state index contributed by atoms with van der Waals surface area (Å²) in [6.45, 7) is 3.63. The third-order valence-electron chi connectivity index (χ3n) is 5.07. The SMILES string of the molecule is CCC1CC(C(=O)Nc2ccc(C)c(S(=O)(=O)Nc3ccc(Cl)cc3)c2)CC(=O)N1. The molecule has 0 spiro atoms. The van der Waals surface area contributed by atoms with Crippen LogP contribution >= 0.6 is 11.6 Å². The van der Waals surface area contributed by atoms with Gasteiger partial charge < -0.3 is 10.6 Å². The number of piperidine rings is 1. The maximum absolute atomic E-state index is 12.9. The van der Waals surface area contributed by atoms with Crippen LogP contribution < -0.4 is 15.4 Å². The first kappa shape index (κ1) is 22.1. The minimum absolute atomic E-state index is 0.0282. The van der Waals surface area contributed by atoms with Gasteiger partial charge in [-0.25, -0.2) is 8.42 Å². The summed E-state index contributed by atoms with van der Waals surface area (Å²) in [6.07, 6.45) is 1.43. The van der Waals surface area contributed by atoms with E-state index in [2.05, 4.69) is 15.4 Å². The lowest BCUT2D eigenvalue weighted by molar-refractivity contribution is -0.130. The molecule has 1 heterocycles. The Hall–Kier alpha value is -2.58. The molecule has 30 heavy (non-hydrogen) atoms. The number of nitrogens with one attached hydrogen (secondary N) is 3. The number of benzene rings is 2. The highest BCUT2D eigenvalue weighted by Gasteiger charge is 2.30. The second kappa shape index (κ2) is 9.06. The molecule has 1 aliphatic rings. The highest BCUT2D eigenvalue weighted by Crippen LogP contribution is 2.25. The fourth-order valence-electron chi connectivity index (χ4n) is 3.40. The van der Waals surface area contributed by atoms with E-state index in [0.717, 1.165) is 6.42 Å². The van der Waals surface area contributed by atoms with Crippen LogP contribution in [0.5, 0.6) is 0 Å². The van der Waals surface area contributed by atoms with E-state index in [1.54, 1.807) is 43.3 Å². The Morgan fingerprint density at radius 3 is 2.50 bits per heavy atom. The number of rotatable bonds is 6. The minimum Gasteiger partial charge on any atom is -0.353 e. The zero-order valence-corrected chi connectivity index (χ0v) is 18.3. The monoisotopic (exact) mass is 449 g/mol. The van der Waals surface area contributed by atoms with E-state index in [-0.39, 0.29) is 29.2 Å². The molecule has 2 atom stereocenters. The van der Waals surface area contributed by atoms with Crippen LogP contribution in [0.3, 0.4) is 0 Å². The zero-order valence-electron chi connectivity index (χ0n) is 16.7. The van der Waals surface area contributed by atoms with Gasteiger partial charge in [0.1, 0.15) is 0 Å². The van der Waals surface area contributed by atoms with Gasteiger partial charge in [0.15, 0.2) is 0 Å². The van der Waals surface area contributed by atoms with Crippen molar-refractivity contribution >= 4 is 44.8 Å². The van der Waals surface area contributed by atoms with Crippen molar-refractivity contribution in [2.24, 2.45) is 5.92 Å². The Morgan fingerprint density at radius 1 is 1.17 bits per heavy atom. The lowest BCUT2D eigenvalue weighted by Crippen LogP contribution is -2.45. The van der Waals surface area contributed by atoms with E-state index >= 15 is 0 Å². The summed E-state index contributed by atoms with van der Waals surface area (Å²) in [5.74, 6) is -0.883. The molecular weight excluding hydrogens is 426 g/mol. The van der Waals surface area contributed by atoms with Crippen LogP contribution in [0.4, 0.5) is 11.4 Å². The van der Waals surface area contributed by atoms with Crippen LogP contribution in [0.2, 0.25) is 5.02 Å². The Labute approximate surface area is 181 Å². The molecule has 7 nitrogen and oxygen atoms in total. The number of carbonyl (C=O) groups excluding carboxylic acids is 2. The molecule has 3 N–H and O–H groups in total. The number of amides is 2. The lowest BCUT2D eigenvalue weighted by atomic mass is 9.90. The Balaban J connectivity index is 1.78. The molecule has 2 aromatic rings. The molecule has 0 saturated carbocycles. The van der Waals surface area contributed by atoms with Gasteiger partial charge in [-0.05, 0) is 61.7 Å². The summed E-state index contributed by atoms with van der Waals surface area (Å²) < 4.78 is 28.2. The molecule has 0 aromatic heterocycles. The van der Waals surface area contributed by atoms with Gasteiger partial charge >= 0.3 is 0 Å². The molecule has 0 aliphatic carbocycles. The highest BCUT2D eigenvalue weighted by molar-refractivity contribution is 7.92. The molecule has 0 radical (unpaired) electrons. The minimum atomic E-state index is -3.87. The number of anilines is 2. The quantitative estimate of drug-likeness (QED) is 0.625. The molecule has 3 rings (SSSR count). The number of sulfonamides is 1. The molecular formula is C21H24ClN3O4S. The summed E-state index contributed by atoms with van der Waals surface area (Å²) in [6, 6.07) is 11.0. The molecule has 2 aromatic carbocycles. The highest BCUT2D eigenvalue weighted by atomic mass is 35.5. The van der Waals surface area contributed by atoms with Crippen molar-refractivity contribution in [2.75, 3.05) is 10.0 Å². The third kappa shape index (κ3) is 5.31. The summed E-state index contributed by atoms with van der Waals surface area (Å²) in [4.78, 5) is 24.6. The van der Waals surface area contributed by atoms with Crippen molar-refractivity contribution in [1.82, 2.24) is 5.32 Å². The summed E-state index contributed by atoms with van der Waals surface area (Å²) in [5.41, 5.74) is 1.28. The van der Waals surface area contributed by atoms with Crippen molar-refractivity contribution < 1.29 is 18.0 Å². The van der Waals surface area contributed by atoms with Crippen LogP contribution in [0.25, 0.3) is 0 Å².